The van der Waals surface area contributed by atoms with E-state index in [1.165, 1.54) is 6.20 Å². The van der Waals surface area contributed by atoms with Gasteiger partial charge in [-0.05, 0) is 32.0 Å². The van der Waals surface area contributed by atoms with Crippen molar-refractivity contribution in [3.05, 3.63) is 41.7 Å². The Hall–Kier alpha value is -1.96. The monoisotopic (exact) mass is 301 g/mol. The van der Waals surface area contributed by atoms with Crippen LogP contribution in [-0.2, 0) is 16.6 Å². The minimum absolute atomic E-state index is 0.302. The van der Waals surface area contributed by atoms with E-state index in [4.69, 9.17) is 0 Å². The summed E-state index contributed by atoms with van der Waals surface area (Å²) in [4.78, 5) is -0.347. The zero-order valence-corrected chi connectivity index (χ0v) is 11.7. The summed E-state index contributed by atoms with van der Waals surface area (Å²) in [6, 6.07) is 2.41. The number of rotatable bonds is 4. The maximum absolute atomic E-state index is 13.1. The molecule has 1 N–H and O–H groups in total. The molecule has 20 heavy (non-hydrogen) atoms. The van der Waals surface area contributed by atoms with Gasteiger partial charge in [-0.1, -0.05) is 0 Å². The molecule has 2 aromatic rings. The van der Waals surface area contributed by atoms with Gasteiger partial charge in [0.1, 0.15) is 0 Å². The summed E-state index contributed by atoms with van der Waals surface area (Å²) in [5.74, 6) is -2.31. The van der Waals surface area contributed by atoms with E-state index in [9.17, 15) is 17.2 Å². The van der Waals surface area contributed by atoms with Crippen LogP contribution in [0.25, 0.3) is 0 Å². The summed E-state index contributed by atoms with van der Waals surface area (Å²) in [6.07, 6.45) is 1.37. The molecular formula is C12H13F2N3O2S. The number of nitrogens with zero attached hydrogens (tertiary/aromatic N) is 2. The summed E-state index contributed by atoms with van der Waals surface area (Å²) in [5, 5.41) is 4.00. The first-order valence-corrected chi connectivity index (χ1v) is 7.33. The molecule has 0 radical (unpaired) electrons. The number of anilines is 1. The lowest BCUT2D eigenvalue weighted by atomic mass is 10.3. The van der Waals surface area contributed by atoms with Crippen LogP contribution in [0, 0.1) is 18.6 Å². The van der Waals surface area contributed by atoms with Gasteiger partial charge in [-0.2, -0.15) is 5.10 Å². The molecule has 0 spiro atoms. The standard InChI is InChI=1S/C12H13F2N3O2S/c1-3-17-8(2)12(7-15-17)16-20(18,19)9-4-5-10(13)11(14)6-9/h4-7,16H,3H2,1-2H3. The van der Waals surface area contributed by atoms with Crippen molar-refractivity contribution in [2.45, 2.75) is 25.3 Å². The number of aromatic nitrogens is 2. The Kier molecular flexibility index (Phi) is 3.76. The second kappa shape index (κ2) is 5.20. The Morgan fingerprint density at radius 1 is 1.30 bits per heavy atom. The number of benzene rings is 1. The average molecular weight is 301 g/mol. The van der Waals surface area contributed by atoms with Gasteiger partial charge in [0.25, 0.3) is 10.0 Å². The van der Waals surface area contributed by atoms with Crippen LogP contribution in [0.5, 0.6) is 0 Å². The minimum atomic E-state index is -3.98. The molecule has 0 saturated heterocycles. The highest BCUT2D eigenvalue weighted by Gasteiger charge is 2.18. The second-order valence-corrected chi connectivity index (χ2v) is 5.82. The van der Waals surface area contributed by atoms with E-state index in [1.54, 1.807) is 11.6 Å². The summed E-state index contributed by atoms with van der Waals surface area (Å²) < 4.78 is 54.0. The summed E-state index contributed by atoms with van der Waals surface area (Å²) in [7, 11) is -3.98. The second-order valence-electron chi connectivity index (χ2n) is 4.14. The van der Waals surface area contributed by atoms with E-state index in [2.05, 4.69) is 9.82 Å². The van der Waals surface area contributed by atoms with E-state index < -0.39 is 21.7 Å². The van der Waals surface area contributed by atoms with Crippen LogP contribution in [0.3, 0.4) is 0 Å². The lowest BCUT2D eigenvalue weighted by Crippen LogP contribution is -2.14. The molecular weight excluding hydrogens is 288 g/mol. The molecule has 0 aliphatic carbocycles. The van der Waals surface area contributed by atoms with Crippen molar-refractivity contribution in [2.24, 2.45) is 0 Å². The molecule has 0 amide bonds. The zero-order valence-electron chi connectivity index (χ0n) is 10.9. The van der Waals surface area contributed by atoms with E-state index in [-0.39, 0.29) is 4.90 Å². The van der Waals surface area contributed by atoms with Crippen molar-refractivity contribution in [1.29, 1.82) is 0 Å². The van der Waals surface area contributed by atoms with Gasteiger partial charge in [0.05, 0.1) is 22.5 Å². The van der Waals surface area contributed by atoms with Crippen molar-refractivity contribution < 1.29 is 17.2 Å². The number of hydrogen-bond donors (Lipinski definition) is 1. The zero-order chi connectivity index (χ0) is 14.9. The minimum Gasteiger partial charge on any atom is -0.276 e. The van der Waals surface area contributed by atoms with E-state index in [1.807, 2.05) is 6.92 Å². The average Bonchev–Trinajstić information content (AvgIpc) is 2.73. The molecule has 1 heterocycles. The lowest BCUT2D eigenvalue weighted by Gasteiger charge is -2.08. The highest BCUT2D eigenvalue weighted by atomic mass is 32.2. The summed E-state index contributed by atoms with van der Waals surface area (Å²) in [5.41, 5.74) is 0.940. The van der Waals surface area contributed by atoms with E-state index in [0.29, 0.717) is 24.0 Å². The molecule has 5 nitrogen and oxygen atoms in total. The molecule has 0 unspecified atom stereocenters. The molecule has 8 heteroatoms. The first-order valence-electron chi connectivity index (χ1n) is 5.85. The third-order valence-corrected chi connectivity index (χ3v) is 4.21. The number of halogens is 2. The maximum atomic E-state index is 13.1. The fraction of sp³-hybridized carbons (Fsp3) is 0.250. The molecule has 0 saturated carbocycles. The Labute approximate surface area is 115 Å². The van der Waals surface area contributed by atoms with Crippen LogP contribution < -0.4 is 4.72 Å². The van der Waals surface area contributed by atoms with Gasteiger partial charge in [-0.25, -0.2) is 17.2 Å². The fourth-order valence-corrected chi connectivity index (χ4v) is 2.83. The van der Waals surface area contributed by atoms with Gasteiger partial charge in [-0.3, -0.25) is 9.40 Å². The maximum Gasteiger partial charge on any atom is 0.262 e. The van der Waals surface area contributed by atoms with Gasteiger partial charge < -0.3 is 0 Å². The highest BCUT2D eigenvalue weighted by Crippen LogP contribution is 2.20. The SMILES string of the molecule is CCn1ncc(NS(=O)(=O)c2ccc(F)c(F)c2)c1C. The smallest absolute Gasteiger partial charge is 0.262 e. The molecule has 1 aromatic carbocycles. The number of nitrogens with one attached hydrogen (secondary N) is 1. The summed E-state index contributed by atoms with van der Waals surface area (Å²) >= 11 is 0. The summed E-state index contributed by atoms with van der Waals surface area (Å²) in [6.45, 7) is 4.17. The number of sulfonamides is 1. The molecule has 0 atom stereocenters. The largest absolute Gasteiger partial charge is 0.276 e. The van der Waals surface area contributed by atoms with Crippen molar-refractivity contribution in [3.8, 4) is 0 Å². The normalized spacial score (nSPS) is 11.6. The first kappa shape index (κ1) is 14.4. The first-order chi connectivity index (χ1) is 9.35. The Morgan fingerprint density at radius 3 is 2.55 bits per heavy atom. The van der Waals surface area contributed by atoms with Crippen LogP contribution in [0.2, 0.25) is 0 Å². The van der Waals surface area contributed by atoms with Crippen molar-refractivity contribution in [2.75, 3.05) is 4.72 Å². The van der Waals surface area contributed by atoms with Crippen LogP contribution in [0.4, 0.5) is 14.5 Å². The van der Waals surface area contributed by atoms with E-state index in [0.717, 1.165) is 12.1 Å². The molecule has 0 aliphatic rings. The van der Waals surface area contributed by atoms with Gasteiger partial charge in [0.2, 0.25) is 0 Å². The lowest BCUT2D eigenvalue weighted by molar-refractivity contribution is 0.504. The number of aryl methyl sites for hydroxylation is 1. The number of hydrogen-bond acceptors (Lipinski definition) is 3. The van der Waals surface area contributed by atoms with Crippen LogP contribution in [-0.4, -0.2) is 18.2 Å². The predicted octanol–water partition coefficient (Wildman–Crippen LogP) is 2.29. The Morgan fingerprint density at radius 2 is 2.00 bits per heavy atom. The quantitative estimate of drug-likeness (QED) is 0.942. The van der Waals surface area contributed by atoms with Gasteiger partial charge >= 0.3 is 0 Å². The fourth-order valence-electron chi connectivity index (χ4n) is 1.71. The molecule has 0 fully saturated rings. The molecule has 2 rings (SSSR count). The van der Waals surface area contributed by atoms with Gasteiger partial charge in [0, 0.05) is 6.54 Å². The Balaban J connectivity index is 2.35. The van der Waals surface area contributed by atoms with E-state index >= 15 is 0 Å². The predicted molar refractivity (Wildman–Crippen MR) is 69.8 cm³/mol. The van der Waals surface area contributed by atoms with Gasteiger partial charge in [0.15, 0.2) is 11.6 Å². The molecule has 1 aromatic heterocycles. The third kappa shape index (κ3) is 2.64. The van der Waals surface area contributed by atoms with Crippen molar-refractivity contribution >= 4 is 15.7 Å². The van der Waals surface area contributed by atoms with Crippen LogP contribution in [0.15, 0.2) is 29.3 Å². The molecule has 108 valence electrons. The Bertz CT molecular complexity index is 741. The van der Waals surface area contributed by atoms with Gasteiger partial charge in [-0.15, -0.1) is 0 Å². The third-order valence-electron chi connectivity index (χ3n) is 2.85. The van der Waals surface area contributed by atoms with Crippen LogP contribution >= 0.6 is 0 Å². The van der Waals surface area contributed by atoms with Crippen LogP contribution in [0.1, 0.15) is 12.6 Å². The van der Waals surface area contributed by atoms with Crippen molar-refractivity contribution in [1.82, 2.24) is 9.78 Å². The van der Waals surface area contributed by atoms with Crippen molar-refractivity contribution in [3.63, 3.8) is 0 Å². The topological polar surface area (TPSA) is 64.0 Å². The molecule has 0 bridgehead atoms. The highest BCUT2D eigenvalue weighted by molar-refractivity contribution is 7.92. The molecule has 0 aliphatic heterocycles.